The molecule has 4 rings (SSSR count). The fraction of sp³-hybridized carbons (Fsp3) is 0.360. The number of ether oxygens (including phenoxy) is 3. The first-order chi connectivity index (χ1) is 15.7. The molecular formula is C25H29InN2O4. The Balaban J connectivity index is 1.34. The molecule has 2 aromatic rings. The van der Waals surface area contributed by atoms with Crippen LogP contribution in [0.3, 0.4) is 0 Å². The monoisotopic (exact) mass is 536 g/mol. The van der Waals surface area contributed by atoms with Crippen LogP contribution in [0.5, 0.6) is 11.5 Å². The van der Waals surface area contributed by atoms with E-state index in [4.69, 9.17) is 14.2 Å². The number of benzene rings is 2. The van der Waals surface area contributed by atoms with Crippen molar-refractivity contribution in [2.24, 2.45) is 0 Å². The third-order valence-corrected chi connectivity index (χ3v) is 10.1. The van der Waals surface area contributed by atoms with Crippen LogP contribution >= 0.6 is 0 Å². The molecule has 1 saturated heterocycles. The molecule has 2 heterocycles. The Morgan fingerprint density at radius 2 is 1.84 bits per heavy atom. The van der Waals surface area contributed by atoms with Gasteiger partial charge in [-0.1, -0.05) is 0 Å². The van der Waals surface area contributed by atoms with E-state index in [1.165, 1.54) is 41.9 Å². The van der Waals surface area contributed by atoms with Crippen LogP contribution in [0.25, 0.3) is 0 Å². The number of hydrogen-bond acceptors (Lipinski definition) is 6. The first kappa shape index (κ1) is 22.9. The molecule has 0 radical (unpaired) electrons. The molecule has 0 atom stereocenters. The zero-order valence-electron chi connectivity index (χ0n) is 18.8. The molecule has 0 bridgehead atoms. The number of hydrogen-bond donors (Lipinski definition) is 0. The van der Waals surface area contributed by atoms with Gasteiger partial charge >= 0.3 is 202 Å². The van der Waals surface area contributed by atoms with Gasteiger partial charge in [0.1, 0.15) is 0 Å². The van der Waals surface area contributed by atoms with Gasteiger partial charge in [0.2, 0.25) is 0 Å². The average Bonchev–Trinajstić information content (AvgIpc) is 3.51. The number of methoxy groups -OCH3 is 2. The number of nitrogens with zero attached hydrogens (tertiary/aromatic N) is 2. The molecule has 0 N–H and O–H groups in total. The van der Waals surface area contributed by atoms with Crippen molar-refractivity contribution < 1.29 is 19.0 Å². The van der Waals surface area contributed by atoms with Gasteiger partial charge in [0, 0.05) is 0 Å². The van der Waals surface area contributed by atoms with Crippen LogP contribution in [0.1, 0.15) is 34.3 Å². The maximum atomic E-state index is 11.9. The van der Waals surface area contributed by atoms with Crippen molar-refractivity contribution in [1.82, 2.24) is 7.79 Å². The summed E-state index contributed by atoms with van der Waals surface area (Å²) in [5.41, 5.74) is 2.86. The molecule has 0 aromatic heterocycles. The van der Waals surface area contributed by atoms with E-state index < -0.39 is 22.7 Å². The maximum absolute atomic E-state index is 11.9. The van der Waals surface area contributed by atoms with Crippen LogP contribution < -0.4 is 9.47 Å². The van der Waals surface area contributed by atoms with Gasteiger partial charge in [-0.15, -0.1) is 0 Å². The zero-order valence-corrected chi connectivity index (χ0v) is 22.0. The Bertz CT molecular complexity index is 998. The summed E-state index contributed by atoms with van der Waals surface area (Å²) >= 11 is -1.12. The third kappa shape index (κ3) is 5.75. The summed E-state index contributed by atoms with van der Waals surface area (Å²) in [6, 6.07) is 14.2. The summed E-state index contributed by atoms with van der Waals surface area (Å²) in [5.74, 6) is 1.11. The van der Waals surface area contributed by atoms with E-state index in [0.29, 0.717) is 11.3 Å². The van der Waals surface area contributed by atoms with Crippen molar-refractivity contribution >= 4 is 31.9 Å². The molecule has 2 aromatic carbocycles. The zero-order chi connectivity index (χ0) is 22.3. The molecule has 166 valence electrons. The van der Waals surface area contributed by atoms with E-state index in [1.54, 1.807) is 13.2 Å². The van der Waals surface area contributed by atoms with Crippen LogP contribution in [0.4, 0.5) is 0 Å². The van der Waals surface area contributed by atoms with E-state index in [9.17, 15) is 4.79 Å². The molecule has 0 spiro atoms. The Hall–Kier alpha value is -2.25. The second-order valence-electron chi connectivity index (χ2n) is 8.02. The first-order valence-electron chi connectivity index (χ1n) is 11.0. The number of carbonyl (C=O) groups is 1. The number of likely N-dealkylation sites (tertiary alicyclic amines) is 1. The Morgan fingerprint density at radius 3 is 2.56 bits per heavy atom. The minimum atomic E-state index is -1.12. The second kappa shape index (κ2) is 11.1. The quantitative estimate of drug-likeness (QED) is 0.460. The molecule has 0 saturated carbocycles. The van der Waals surface area contributed by atoms with E-state index >= 15 is 0 Å². The van der Waals surface area contributed by atoms with Crippen molar-refractivity contribution in [3.05, 3.63) is 71.4 Å². The Kier molecular flexibility index (Phi) is 7.92. The summed E-state index contributed by atoms with van der Waals surface area (Å²) < 4.78 is 20.0. The molecule has 7 heteroatoms. The minimum absolute atomic E-state index is 0.383. The number of rotatable bonds is 9. The molecule has 0 aliphatic carbocycles. The van der Waals surface area contributed by atoms with Gasteiger partial charge in [-0.05, 0) is 0 Å². The van der Waals surface area contributed by atoms with Gasteiger partial charge in [0.25, 0.3) is 0 Å². The fourth-order valence-corrected chi connectivity index (χ4v) is 7.92. The van der Waals surface area contributed by atoms with Crippen molar-refractivity contribution in [2.75, 3.05) is 40.5 Å². The van der Waals surface area contributed by atoms with Crippen molar-refractivity contribution in [1.29, 1.82) is 0 Å². The Morgan fingerprint density at radius 1 is 1.06 bits per heavy atom. The number of allylic oxidation sites excluding steroid dienone is 1. The SMILES string of the molecule is COC(=O)c1ccc(C[N]2C=C[C](c3ccc(OCCN4CCCC4)cc3)=[In]2)cc1OC. The molecule has 2 aliphatic rings. The summed E-state index contributed by atoms with van der Waals surface area (Å²) in [5, 5.41) is 0. The normalized spacial score (nSPS) is 15.4. The molecule has 0 amide bonds. The number of esters is 1. The first-order valence-corrected chi connectivity index (χ1v) is 14.1. The summed E-state index contributed by atoms with van der Waals surface area (Å²) in [6.45, 7) is 4.99. The van der Waals surface area contributed by atoms with Gasteiger partial charge in [0.05, 0.1) is 0 Å². The molecule has 6 nitrogen and oxygen atoms in total. The summed E-state index contributed by atoms with van der Waals surface area (Å²) in [7, 11) is 2.95. The fourth-order valence-electron chi connectivity index (χ4n) is 4.08. The summed E-state index contributed by atoms with van der Waals surface area (Å²) in [6.07, 6.45) is 7.06. The second-order valence-corrected chi connectivity index (χ2v) is 12.4. The van der Waals surface area contributed by atoms with Crippen molar-refractivity contribution in [3.8, 4) is 11.5 Å². The van der Waals surface area contributed by atoms with Gasteiger partial charge in [0.15, 0.2) is 0 Å². The van der Waals surface area contributed by atoms with E-state index in [2.05, 4.69) is 44.3 Å². The summed E-state index contributed by atoms with van der Waals surface area (Å²) in [4.78, 5) is 14.3. The topological polar surface area (TPSA) is 51.2 Å². The van der Waals surface area contributed by atoms with Crippen LogP contribution in [0.2, 0.25) is 0 Å². The van der Waals surface area contributed by atoms with Crippen molar-refractivity contribution in [2.45, 2.75) is 19.4 Å². The van der Waals surface area contributed by atoms with Gasteiger partial charge in [-0.3, -0.25) is 0 Å². The number of carbonyl (C=O) groups excluding carboxylic acids is 1. The molecular weight excluding hydrogens is 507 g/mol. The Labute approximate surface area is 201 Å². The predicted molar refractivity (Wildman–Crippen MR) is 126 cm³/mol. The van der Waals surface area contributed by atoms with E-state index in [0.717, 1.165) is 31.0 Å². The van der Waals surface area contributed by atoms with Crippen LogP contribution in [0, 0.1) is 0 Å². The van der Waals surface area contributed by atoms with Crippen LogP contribution in [-0.2, 0) is 11.3 Å². The third-order valence-electron chi connectivity index (χ3n) is 5.85. The van der Waals surface area contributed by atoms with Crippen molar-refractivity contribution in [3.63, 3.8) is 0 Å². The molecule has 32 heavy (non-hydrogen) atoms. The van der Waals surface area contributed by atoms with Gasteiger partial charge < -0.3 is 0 Å². The van der Waals surface area contributed by atoms with E-state index in [1.807, 2.05) is 12.1 Å². The molecule has 2 aliphatic heterocycles. The molecule has 1 fully saturated rings. The van der Waals surface area contributed by atoms with Gasteiger partial charge in [-0.25, -0.2) is 0 Å². The van der Waals surface area contributed by atoms with Crippen LogP contribution in [-0.4, -0.2) is 80.2 Å². The van der Waals surface area contributed by atoms with Crippen LogP contribution in [0.15, 0.2) is 54.7 Å². The average molecular weight is 536 g/mol. The van der Waals surface area contributed by atoms with Gasteiger partial charge in [-0.2, -0.15) is 0 Å². The molecule has 0 unspecified atom stereocenters. The standard InChI is InChI=1S/C25H29N2O4.In/c1-29-24-18-21(9-12-23(24)25(28)30-2)19-26-13-5-6-20-7-10-22(11-8-20)31-17-16-27-14-3-4-15-27;/h5,7-13,18H,3-4,14-17,19H2,1-2H3;/q-1;+1. The van der Waals surface area contributed by atoms with E-state index in [-0.39, 0.29) is 5.97 Å². The predicted octanol–water partition coefficient (Wildman–Crippen LogP) is 3.13.